The Kier molecular flexibility index (Phi) is 1200. The van der Waals surface area contributed by atoms with Crippen molar-refractivity contribution >= 4 is 0 Å². The van der Waals surface area contributed by atoms with Crippen LogP contribution in [0.2, 0.25) is 0 Å². The number of hydrogen-bond donors (Lipinski definition) is 0. The zero-order valence-electron chi connectivity index (χ0n) is 2.22. The van der Waals surface area contributed by atoms with Crippen LogP contribution < -0.4 is 0 Å². The van der Waals surface area contributed by atoms with Crippen LogP contribution in [-0.2, 0) is 59.9 Å². The molecule has 5 heteroatoms. The summed E-state index contributed by atoms with van der Waals surface area (Å²) in [4.78, 5) is 0. The van der Waals surface area contributed by atoms with Crippen LogP contribution in [0.5, 0.6) is 0 Å². The molecule has 0 radical (unpaired) electrons. The Hall–Kier alpha value is 1.31. The summed E-state index contributed by atoms with van der Waals surface area (Å²) in [6, 6.07) is 0. The molecule has 0 spiro atoms. The van der Waals surface area contributed by atoms with E-state index in [-0.39, 0.29) is 59.9 Å². The summed E-state index contributed by atoms with van der Waals surface area (Å²) in [6.45, 7) is 0. The normalized spacial score (nSPS) is 0. The maximum Gasteiger partial charge on any atom is 4.00 e. The molecule has 0 aliphatic heterocycles. The molecule has 0 atom stereocenters. The fraction of sp³-hybridized carbons (Fsp3) is 0. The van der Waals surface area contributed by atoms with E-state index in [1.54, 1.807) is 0 Å². The molecule has 0 N–H and O–H groups in total. The van der Waals surface area contributed by atoms with Gasteiger partial charge in [-0.15, -0.1) is 0 Å². The van der Waals surface area contributed by atoms with Crippen molar-refractivity contribution in [2.45, 2.75) is 0 Å². The molecule has 0 fully saturated rings. The fourth-order valence-electron chi connectivity index (χ4n) is 0. The van der Waals surface area contributed by atoms with Gasteiger partial charge in [-0.05, 0) is 0 Å². The van der Waals surface area contributed by atoms with Crippen molar-refractivity contribution in [2.75, 3.05) is 0 Å². The summed E-state index contributed by atoms with van der Waals surface area (Å²) in [5, 5.41) is 0. The first-order valence-electron chi connectivity index (χ1n) is 0. The molecule has 0 amide bonds. The molecule has 0 bridgehead atoms. The molecule has 24 valence electrons. The van der Waals surface area contributed by atoms with Crippen molar-refractivity contribution in [1.29, 1.82) is 0 Å². The predicted molar refractivity (Wildman–Crippen MR) is 2.06 cm³/mol. The van der Waals surface area contributed by atoms with E-state index in [1.807, 2.05) is 0 Å². The Morgan fingerprint density at radius 2 is 0.400 bits per heavy atom. The van der Waals surface area contributed by atoms with E-state index in [0.717, 1.165) is 0 Å². The first-order chi connectivity index (χ1) is 0. The maximum atomic E-state index is 0. The van der Waals surface area contributed by atoms with Crippen molar-refractivity contribution < 1.29 is 59.9 Å². The summed E-state index contributed by atoms with van der Waals surface area (Å²) in [7, 11) is 0. The zero-order chi connectivity index (χ0) is 0. The molecule has 0 heterocycles. The average molecular weight is 144 g/mol. The van der Waals surface area contributed by atoms with Gasteiger partial charge >= 0.3 is 43.4 Å². The Labute approximate surface area is 59.8 Å². The van der Waals surface area contributed by atoms with E-state index in [4.69, 9.17) is 0 Å². The smallest absolute Gasteiger partial charge is 2.00 e. The fourth-order valence-corrected chi connectivity index (χ4v) is 0. The van der Waals surface area contributed by atoms with Crippen LogP contribution in [0, 0.1) is 0 Å². The molecule has 3 nitrogen and oxygen atoms in total. The molecule has 0 aromatic heterocycles. The molecule has 0 unspecified atom stereocenters. The topological polar surface area (TPSA) is 85.5 Å². The molecule has 0 saturated heterocycles. The van der Waals surface area contributed by atoms with E-state index in [9.17, 15) is 0 Å². The van der Waals surface area contributed by atoms with Crippen molar-refractivity contribution in [3.05, 3.63) is 0 Å². The second-order valence-electron chi connectivity index (χ2n) is 0. The van der Waals surface area contributed by atoms with E-state index < -0.39 is 0 Å². The molecule has 0 aliphatic rings. The Morgan fingerprint density at radius 1 is 0.400 bits per heavy atom. The third-order valence-electron chi connectivity index (χ3n) is 0. The van der Waals surface area contributed by atoms with Crippen LogP contribution in [0.15, 0.2) is 0 Å². The molecule has 0 rings (SSSR count). The van der Waals surface area contributed by atoms with Crippen molar-refractivity contribution in [2.24, 2.45) is 0 Å². The van der Waals surface area contributed by atoms with Crippen LogP contribution >= 0.6 is 0 Å². The largest absolute Gasteiger partial charge is 4.00 e. The van der Waals surface area contributed by atoms with E-state index in [0.29, 0.717) is 0 Å². The molecule has 0 aromatic carbocycles. The second-order valence-corrected chi connectivity index (χ2v) is 0. The van der Waals surface area contributed by atoms with Gasteiger partial charge < -0.3 is 16.4 Å². The predicted octanol–water partition coefficient (Wildman–Crippen LogP) is -0.361. The van der Waals surface area contributed by atoms with Gasteiger partial charge in [0.05, 0.1) is 0 Å². The standard InChI is InChI=1S/3O.2Ti/q3*-2;2*+4. The van der Waals surface area contributed by atoms with Gasteiger partial charge in [0.15, 0.2) is 0 Å². The summed E-state index contributed by atoms with van der Waals surface area (Å²) in [6.07, 6.45) is 0. The molecule has 0 saturated carbocycles. The van der Waals surface area contributed by atoms with Crippen molar-refractivity contribution in [3.8, 4) is 0 Å². The van der Waals surface area contributed by atoms with Crippen LogP contribution in [0.1, 0.15) is 0 Å². The van der Waals surface area contributed by atoms with E-state index >= 15 is 0 Å². The van der Waals surface area contributed by atoms with Gasteiger partial charge in [-0.25, -0.2) is 0 Å². The molecule has 0 aromatic rings. The third-order valence-corrected chi connectivity index (χ3v) is 0. The molecule has 5 heavy (non-hydrogen) atoms. The van der Waals surface area contributed by atoms with Crippen molar-refractivity contribution in [1.82, 2.24) is 0 Å². The molecule has 0 aliphatic carbocycles. The van der Waals surface area contributed by atoms with Gasteiger partial charge in [-0.3, -0.25) is 0 Å². The van der Waals surface area contributed by atoms with Gasteiger partial charge in [0.25, 0.3) is 0 Å². The van der Waals surface area contributed by atoms with Gasteiger partial charge in [-0.1, -0.05) is 0 Å². The van der Waals surface area contributed by atoms with E-state index in [1.165, 1.54) is 0 Å². The maximum absolute atomic E-state index is 0. The minimum Gasteiger partial charge on any atom is -2.00 e. The Balaban J connectivity index is 0. The molecular weight excluding hydrogens is 144 g/mol. The summed E-state index contributed by atoms with van der Waals surface area (Å²) >= 11 is 0. The van der Waals surface area contributed by atoms with Crippen molar-refractivity contribution in [3.63, 3.8) is 0 Å². The second kappa shape index (κ2) is 57.6. The Bertz CT molecular complexity index is 4.85. The van der Waals surface area contributed by atoms with Crippen LogP contribution in [0.3, 0.4) is 0 Å². The summed E-state index contributed by atoms with van der Waals surface area (Å²) in [5.74, 6) is 0. The summed E-state index contributed by atoms with van der Waals surface area (Å²) in [5.41, 5.74) is 0. The van der Waals surface area contributed by atoms with Gasteiger partial charge in [-0.2, -0.15) is 0 Å². The van der Waals surface area contributed by atoms with Crippen LogP contribution in [-0.4, -0.2) is 0 Å². The van der Waals surface area contributed by atoms with Gasteiger partial charge in [0.2, 0.25) is 0 Å². The first-order valence-corrected chi connectivity index (χ1v) is 0. The number of hydrogen-bond acceptors (Lipinski definition) is 0. The van der Waals surface area contributed by atoms with E-state index in [2.05, 4.69) is 0 Å². The van der Waals surface area contributed by atoms with Crippen LogP contribution in [0.4, 0.5) is 0 Å². The molecular formula is O3Ti2+2. The quantitative estimate of drug-likeness (QED) is 0.415. The van der Waals surface area contributed by atoms with Crippen LogP contribution in [0.25, 0.3) is 0 Å². The average Bonchev–Trinajstić information content (AvgIpc) is 0. The number of rotatable bonds is 0. The SMILES string of the molecule is [O-2].[O-2].[O-2].[Ti+4].[Ti+4]. The third kappa shape index (κ3) is 33.9. The van der Waals surface area contributed by atoms with Gasteiger partial charge in [0.1, 0.15) is 0 Å². The Morgan fingerprint density at radius 3 is 0.400 bits per heavy atom. The minimum atomic E-state index is 0. The zero-order valence-corrected chi connectivity index (χ0v) is 5.35. The monoisotopic (exact) mass is 144 g/mol. The van der Waals surface area contributed by atoms with Gasteiger partial charge in [0, 0.05) is 0 Å². The first kappa shape index (κ1) is 104. The summed E-state index contributed by atoms with van der Waals surface area (Å²) < 4.78 is 0. The minimum absolute atomic E-state index is 0.